The second-order valence-corrected chi connectivity index (χ2v) is 3.35. The lowest BCUT2D eigenvalue weighted by Gasteiger charge is -1.96. The average molecular weight is 168 g/mol. The molecule has 0 saturated heterocycles. The third kappa shape index (κ3) is 0.942. The Morgan fingerprint density at radius 1 is 1.17 bits per heavy atom. The van der Waals surface area contributed by atoms with E-state index in [1.165, 1.54) is 0 Å². The molecule has 64 valence electrons. The van der Waals surface area contributed by atoms with Crippen LogP contribution in [0.5, 0.6) is 0 Å². The van der Waals surface area contributed by atoms with Gasteiger partial charge in [0, 0.05) is 5.92 Å². The highest BCUT2D eigenvalue weighted by Crippen LogP contribution is 2.61. The molecule has 0 radical (unpaired) electrons. The summed E-state index contributed by atoms with van der Waals surface area (Å²) in [5.74, 6) is -3.50. The van der Waals surface area contributed by atoms with E-state index in [0.29, 0.717) is 0 Å². The van der Waals surface area contributed by atoms with Gasteiger partial charge in [-0.05, 0) is 5.56 Å². The molecule has 0 heterocycles. The molecular formula is C10H10F2. The van der Waals surface area contributed by atoms with Crippen LogP contribution in [0.2, 0.25) is 0 Å². The molecule has 0 bridgehead atoms. The number of hydrogen-bond acceptors (Lipinski definition) is 0. The summed E-state index contributed by atoms with van der Waals surface area (Å²) in [6.45, 7) is 1.59. The van der Waals surface area contributed by atoms with E-state index >= 15 is 0 Å². The van der Waals surface area contributed by atoms with Crippen LogP contribution in [0.25, 0.3) is 0 Å². The quantitative estimate of drug-likeness (QED) is 0.604. The van der Waals surface area contributed by atoms with Gasteiger partial charge in [-0.2, -0.15) is 0 Å². The number of hydrogen-bond donors (Lipinski definition) is 0. The molecule has 1 fully saturated rings. The van der Waals surface area contributed by atoms with Crippen LogP contribution in [0.15, 0.2) is 30.3 Å². The van der Waals surface area contributed by atoms with Gasteiger partial charge in [0.25, 0.3) is 5.92 Å². The fourth-order valence-corrected chi connectivity index (χ4v) is 1.65. The molecule has 1 aliphatic carbocycles. The highest BCUT2D eigenvalue weighted by molar-refractivity contribution is 5.31. The van der Waals surface area contributed by atoms with Crippen molar-refractivity contribution < 1.29 is 8.78 Å². The Labute approximate surface area is 70.2 Å². The fraction of sp³-hybridized carbons (Fsp3) is 0.400. The average Bonchev–Trinajstić information content (AvgIpc) is 2.53. The predicted molar refractivity (Wildman–Crippen MR) is 43.3 cm³/mol. The van der Waals surface area contributed by atoms with Gasteiger partial charge in [-0.1, -0.05) is 37.3 Å². The first-order chi connectivity index (χ1) is 5.64. The summed E-state index contributed by atoms with van der Waals surface area (Å²) in [7, 11) is 0. The largest absolute Gasteiger partial charge is 0.258 e. The van der Waals surface area contributed by atoms with Gasteiger partial charge < -0.3 is 0 Å². The van der Waals surface area contributed by atoms with E-state index in [0.717, 1.165) is 5.56 Å². The Morgan fingerprint density at radius 3 is 2.08 bits per heavy atom. The number of benzene rings is 1. The highest BCUT2D eigenvalue weighted by atomic mass is 19.3. The van der Waals surface area contributed by atoms with E-state index in [4.69, 9.17) is 0 Å². The summed E-state index contributed by atoms with van der Waals surface area (Å²) >= 11 is 0. The zero-order valence-corrected chi connectivity index (χ0v) is 6.80. The van der Waals surface area contributed by atoms with Crippen LogP contribution < -0.4 is 0 Å². The van der Waals surface area contributed by atoms with Crippen molar-refractivity contribution in [1.29, 1.82) is 0 Å². The minimum Gasteiger partial charge on any atom is -0.206 e. The lowest BCUT2D eigenvalue weighted by molar-refractivity contribution is 0.0964. The highest BCUT2D eigenvalue weighted by Gasteiger charge is 2.65. The smallest absolute Gasteiger partial charge is 0.206 e. The van der Waals surface area contributed by atoms with Gasteiger partial charge in [0.1, 0.15) is 0 Å². The van der Waals surface area contributed by atoms with Crippen molar-refractivity contribution in [2.24, 2.45) is 5.92 Å². The van der Waals surface area contributed by atoms with E-state index in [1.54, 1.807) is 31.2 Å². The molecule has 1 aromatic carbocycles. The molecule has 1 saturated carbocycles. The van der Waals surface area contributed by atoms with E-state index in [1.807, 2.05) is 6.07 Å². The molecule has 0 aliphatic heterocycles. The third-order valence-electron chi connectivity index (χ3n) is 2.57. The van der Waals surface area contributed by atoms with Gasteiger partial charge in [-0.15, -0.1) is 0 Å². The Morgan fingerprint density at radius 2 is 1.67 bits per heavy atom. The van der Waals surface area contributed by atoms with Gasteiger partial charge in [0.15, 0.2) is 0 Å². The second-order valence-electron chi connectivity index (χ2n) is 3.35. The van der Waals surface area contributed by atoms with Crippen LogP contribution in [-0.2, 0) is 0 Å². The minimum absolute atomic E-state index is 0.486. The summed E-state index contributed by atoms with van der Waals surface area (Å²) in [4.78, 5) is 0. The number of alkyl halides is 2. The van der Waals surface area contributed by atoms with E-state index in [-0.39, 0.29) is 0 Å². The van der Waals surface area contributed by atoms with Crippen molar-refractivity contribution in [1.82, 2.24) is 0 Å². The summed E-state index contributed by atoms with van der Waals surface area (Å²) in [6.07, 6.45) is 0. The maximum absolute atomic E-state index is 12.9. The molecule has 2 unspecified atom stereocenters. The summed E-state index contributed by atoms with van der Waals surface area (Å²) in [5, 5.41) is 0. The Hall–Kier alpha value is -0.920. The van der Waals surface area contributed by atoms with Gasteiger partial charge >= 0.3 is 0 Å². The number of halogens is 2. The van der Waals surface area contributed by atoms with Crippen molar-refractivity contribution in [3.05, 3.63) is 35.9 Å². The molecule has 0 aromatic heterocycles. The van der Waals surface area contributed by atoms with Crippen LogP contribution in [0.4, 0.5) is 8.78 Å². The Balaban J connectivity index is 2.25. The molecule has 0 amide bonds. The first-order valence-corrected chi connectivity index (χ1v) is 4.07. The molecule has 2 heteroatoms. The Kier molecular flexibility index (Phi) is 1.47. The van der Waals surface area contributed by atoms with Crippen LogP contribution in [0, 0.1) is 5.92 Å². The SMILES string of the molecule is CC1C(c2ccccc2)C1(F)F. The Bertz CT molecular complexity index is 279. The molecule has 0 N–H and O–H groups in total. The summed E-state index contributed by atoms with van der Waals surface area (Å²) in [6, 6.07) is 8.98. The lowest BCUT2D eigenvalue weighted by atomic mass is 10.1. The first-order valence-electron chi connectivity index (χ1n) is 4.07. The van der Waals surface area contributed by atoms with Crippen molar-refractivity contribution in [3.63, 3.8) is 0 Å². The molecule has 1 aromatic rings. The standard InChI is InChI=1S/C10H10F2/c1-7-9(10(7,11)12)8-5-3-2-4-6-8/h2-7,9H,1H3. The molecule has 0 nitrogen and oxygen atoms in total. The van der Waals surface area contributed by atoms with Gasteiger partial charge in [-0.3, -0.25) is 0 Å². The third-order valence-corrected chi connectivity index (χ3v) is 2.57. The predicted octanol–water partition coefficient (Wildman–Crippen LogP) is 3.06. The van der Waals surface area contributed by atoms with Crippen LogP contribution in [-0.4, -0.2) is 5.92 Å². The maximum Gasteiger partial charge on any atom is 0.258 e. The van der Waals surface area contributed by atoms with Crippen LogP contribution in [0.1, 0.15) is 18.4 Å². The summed E-state index contributed by atoms with van der Waals surface area (Å²) < 4.78 is 25.8. The van der Waals surface area contributed by atoms with E-state index in [2.05, 4.69) is 0 Å². The normalized spacial score (nSPS) is 31.6. The minimum atomic E-state index is -2.47. The van der Waals surface area contributed by atoms with Crippen molar-refractivity contribution >= 4 is 0 Å². The molecule has 2 rings (SSSR count). The molecule has 0 spiro atoms. The van der Waals surface area contributed by atoms with Gasteiger partial charge in [-0.25, -0.2) is 8.78 Å². The zero-order valence-electron chi connectivity index (χ0n) is 6.80. The van der Waals surface area contributed by atoms with E-state index in [9.17, 15) is 8.78 Å². The molecular weight excluding hydrogens is 158 g/mol. The number of rotatable bonds is 1. The molecule has 12 heavy (non-hydrogen) atoms. The summed E-state index contributed by atoms with van der Waals surface area (Å²) in [5.41, 5.74) is 0.759. The van der Waals surface area contributed by atoms with Gasteiger partial charge in [0.05, 0.1) is 5.92 Å². The maximum atomic E-state index is 12.9. The fourth-order valence-electron chi connectivity index (χ4n) is 1.65. The van der Waals surface area contributed by atoms with Gasteiger partial charge in [0.2, 0.25) is 0 Å². The molecule has 2 atom stereocenters. The zero-order chi connectivity index (χ0) is 8.77. The van der Waals surface area contributed by atoms with E-state index < -0.39 is 17.8 Å². The topological polar surface area (TPSA) is 0 Å². The molecule has 1 aliphatic rings. The van der Waals surface area contributed by atoms with Crippen molar-refractivity contribution in [3.8, 4) is 0 Å². The second kappa shape index (κ2) is 2.28. The van der Waals surface area contributed by atoms with Crippen LogP contribution >= 0.6 is 0 Å². The monoisotopic (exact) mass is 168 g/mol. The van der Waals surface area contributed by atoms with Crippen molar-refractivity contribution in [2.75, 3.05) is 0 Å². The first kappa shape index (κ1) is 7.71. The van der Waals surface area contributed by atoms with Crippen LogP contribution in [0.3, 0.4) is 0 Å². The van der Waals surface area contributed by atoms with Crippen molar-refractivity contribution in [2.45, 2.75) is 18.8 Å². The lowest BCUT2D eigenvalue weighted by Crippen LogP contribution is -1.92.